The number of halogens is 1. The monoisotopic (exact) mass is 396 g/mol. The van der Waals surface area contributed by atoms with Gasteiger partial charge in [-0.1, -0.05) is 5.16 Å². The molecule has 0 atom stereocenters. The van der Waals surface area contributed by atoms with Crippen LogP contribution in [0.3, 0.4) is 0 Å². The van der Waals surface area contributed by atoms with Crippen molar-refractivity contribution in [2.45, 2.75) is 18.2 Å². The second-order valence-electron chi connectivity index (χ2n) is 6.36. The Balaban J connectivity index is 1.58. The third kappa shape index (κ3) is 4.90. The van der Waals surface area contributed by atoms with Gasteiger partial charge in [-0.3, -0.25) is 9.69 Å². The molecule has 1 saturated heterocycles. The van der Waals surface area contributed by atoms with E-state index >= 15 is 0 Å². The maximum Gasteiger partial charge on any atom is 0.243 e. The van der Waals surface area contributed by atoms with Crippen LogP contribution in [-0.4, -0.2) is 61.4 Å². The molecule has 1 aromatic carbocycles. The molecule has 27 heavy (non-hydrogen) atoms. The molecule has 1 aliphatic rings. The maximum atomic E-state index is 13.0. The highest BCUT2D eigenvalue weighted by atomic mass is 32.2. The molecule has 2 aromatic rings. The van der Waals surface area contributed by atoms with Gasteiger partial charge in [-0.15, -0.1) is 0 Å². The highest BCUT2D eigenvalue weighted by Crippen LogP contribution is 2.18. The third-order valence-corrected chi connectivity index (χ3v) is 6.17. The quantitative estimate of drug-likeness (QED) is 0.822. The number of amides is 1. The molecule has 146 valence electrons. The van der Waals surface area contributed by atoms with Crippen molar-refractivity contribution in [1.29, 1.82) is 0 Å². The Bertz CT molecular complexity index is 898. The number of aromatic nitrogens is 1. The molecule has 8 nitrogen and oxygen atoms in total. The van der Waals surface area contributed by atoms with Gasteiger partial charge >= 0.3 is 0 Å². The molecule has 0 saturated carbocycles. The largest absolute Gasteiger partial charge is 0.360 e. The number of rotatable bonds is 5. The molecule has 1 aromatic heterocycles. The van der Waals surface area contributed by atoms with E-state index in [-0.39, 0.29) is 23.9 Å². The first-order valence-electron chi connectivity index (χ1n) is 8.56. The first-order chi connectivity index (χ1) is 12.8. The standard InChI is InChI=1S/C17H21FN4O4S/c1-13-11-16(20-26-13)19-17(23)12-21-7-2-8-22(10-9-21)27(24,25)15-5-3-14(18)4-6-15/h3-6,11H,2,7-10,12H2,1H3,(H,19,20,23). The van der Waals surface area contributed by atoms with E-state index < -0.39 is 15.8 Å². The number of hydrogen-bond acceptors (Lipinski definition) is 6. The second kappa shape index (κ2) is 8.15. The molecule has 1 amide bonds. The minimum absolute atomic E-state index is 0.0662. The summed E-state index contributed by atoms with van der Waals surface area (Å²) >= 11 is 0. The Kier molecular flexibility index (Phi) is 5.88. The molecule has 1 N–H and O–H groups in total. The van der Waals surface area contributed by atoms with Crippen LogP contribution < -0.4 is 5.32 Å². The summed E-state index contributed by atoms with van der Waals surface area (Å²) in [6.07, 6.45) is 0.594. The topological polar surface area (TPSA) is 95.8 Å². The van der Waals surface area contributed by atoms with E-state index in [0.29, 0.717) is 37.6 Å². The van der Waals surface area contributed by atoms with Crippen LogP contribution in [0.2, 0.25) is 0 Å². The van der Waals surface area contributed by atoms with Crippen molar-refractivity contribution in [3.05, 3.63) is 41.9 Å². The number of benzene rings is 1. The van der Waals surface area contributed by atoms with Gasteiger partial charge in [-0.2, -0.15) is 4.31 Å². The zero-order valence-corrected chi connectivity index (χ0v) is 15.7. The number of carbonyl (C=O) groups excluding carboxylic acids is 1. The Morgan fingerprint density at radius 1 is 1.22 bits per heavy atom. The highest BCUT2D eigenvalue weighted by Gasteiger charge is 2.27. The van der Waals surface area contributed by atoms with E-state index in [2.05, 4.69) is 10.5 Å². The average molecular weight is 396 g/mol. The lowest BCUT2D eigenvalue weighted by Crippen LogP contribution is -2.38. The van der Waals surface area contributed by atoms with Crippen LogP contribution in [0.15, 0.2) is 39.8 Å². The highest BCUT2D eigenvalue weighted by molar-refractivity contribution is 7.89. The number of hydrogen-bond donors (Lipinski definition) is 1. The molecule has 10 heteroatoms. The van der Waals surface area contributed by atoms with Gasteiger partial charge in [0.1, 0.15) is 11.6 Å². The number of nitrogens with one attached hydrogen (secondary N) is 1. The van der Waals surface area contributed by atoms with E-state index in [4.69, 9.17) is 4.52 Å². The summed E-state index contributed by atoms with van der Waals surface area (Å²) in [6.45, 7) is 3.49. The van der Waals surface area contributed by atoms with Crippen molar-refractivity contribution < 1.29 is 22.1 Å². The van der Waals surface area contributed by atoms with Gasteiger partial charge in [-0.05, 0) is 44.2 Å². The zero-order valence-electron chi connectivity index (χ0n) is 14.9. The molecular formula is C17H21FN4O4S. The molecule has 0 spiro atoms. The van der Waals surface area contributed by atoms with E-state index in [0.717, 1.165) is 12.1 Å². The van der Waals surface area contributed by atoms with Crippen molar-refractivity contribution in [1.82, 2.24) is 14.4 Å². The Morgan fingerprint density at radius 3 is 2.63 bits per heavy atom. The number of anilines is 1. The number of nitrogens with zero attached hydrogens (tertiary/aromatic N) is 3. The fraction of sp³-hybridized carbons (Fsp3) is 0.412. The van der Waals surface area contributed by atoms with Crippen molar-refractivity contribution in [2.75, 3.05) is 38.0 Å². The van der Waals surface area contributed by atoms with Crippen LogP contribution >= 0.6 is 0 Å². The Hall–Kier alpha value is -2.30. The van der Waals surface area contributed by atoms with Gasteiger partial charge in [0.15, 0.2) is 5.82 Å². The fourth-order valence-corrected chi connectivity index (χ4v) is 4.38. The van der Waals surface area contributed by atoms with E-state index in [1.54, 1.807) is 13.0 Å². The summed E-state index contributed by atoms with van der Waals surface area (Å²) in [7, 11) is -3.68. The van der Waals surface area contributed by atoms with Gasteiger partial charge in [0.2, 0.25) is 15.9 Å². The lowest BCUT2D eigenvalue weighted by atomic mass is 10.4. The minimum Gasteiger partial charge on any atom is -0.360 e. The van der Waals surface area contributed by atoms with Crippen molar-refractivity contribution in [3.63, 3.8) is 0 Å². The number of carbonyl (C=O) groups is 1. The molecule has 0 radical (unpaired) electrons. The van der Waals surface area contributed by atoms with E-state index in [9.17, 15) is 17.6 Å². The molecule has 1 fully saturated rings. The smallest absolute Gasteiger partial charge is 0.243 e. The van der Waals surface area contributed by atoms with Gasteiger partial charge in [-0.25, -0.2) is 12.8 Å². The first-order valence-corrected chi connectivity index (χ1v) is 10.00. The summed E-state index contributed by atoms with van der Waals surface area (Å²) in [5.74, 6) is 0.233. The van der Waals surface area contributed by atoms with Crippen LogP contribution in [0, 0.1) is 12.7 Å². The molecule has 0 unspecified atom stereocenters. The maximum absolute atomic E-state index is 13.0. The normalized spacial score (nSPS) is 16.8. The second-order valence-corrected chi connectivity index (χ2v) is 8.30. The van der Waals surface area contributed by atoms with Crippen molar-refractivity contribution in [2.24, 2.45) is 0 Å². The van der Waals surface area contributed by atoms with E-state index in [1.165, 1.54) is 16.4 Å². The summed E-state index contributed by atoms with van der Waals surface area (Å²) in [6, 6.07) is 6.42. The third-order valence-electron chi connectivity index (χ3n) is 4.26. The summed E-state index contributed by atoms with van der Waals surface area (Å²) in [5, 5.41) is 6.36. The SMILES string of the molecule is Cc1cc(NC(=O)CN2CCCN(S(=O)(=O)c3ccc(F)cc3)CC2)no1. The van der Waals surface area contributed by atoms with Crippen LogP contribution in [0.5, 0.6) is 0 Å². The van der Waals surface area contributed by atoms with Crippen LogP contribution in [-0.2, 0) is 14.8 Å². The lowest BCUT2D eigenvalue weighted by molar-refractivity contribution is -0.117. The van der Waals surface area contributed by atoms with Gasteiger partial charge in [0.25, 0.3) is 0 Å². The summed E-state index contributed by atoms with van der Waals surface area (Å²) in [5.41, 5.74) is 0. The minimum atomic E-state index is -3.68. The van der Waals surface area contributed by atoms with Crippen molar-refractivity contribution >= 4 is 21.7 Å². The van der Waals surface area contributed by atoms with E-state index in [1.807, 2.05) is 4.90 Å². The molecular weight excluding hydrogens is 375 g/mol. The van der Waals surface area contributed by atoms with Crippen molar-refractivity contribution in [3.8, 4) is 0 Å². The van der Waals surface area contributed by atoms with Crippen LogP contribution in [0.4, 0.5) is 10.2 Å². The Morgan fingerprint density at radius 2 is 1.96 bits per heavy atom. The predicted octanol–water partition coefficient (Wildman–Crippen LogP) is 1.46. The Labute approximate surface area is 157 Å². The average Bonchev–Trinajstić information content (AvgIpc) is 2.88. The molecule has 3 rings (SSSR count). The first kappa shape index (κ1) is 19.5. The molecule has 0 aliphatic carbocycles. The fourth-order valence-electron chi connectivity index (χ4n) is 2.91. The number of sulfonamides is 1. The lowest BCUT2D eigenvalue weighted by Gasteiger charge is -2.21. The van der Waals surface area contributed by atoms with Crippen LogP contribution in [0.25, 0.3) is 0 Å². The number of aryl methyl sites for hydroxylation is 1. The van der Waals surface area contributed by atoms with Gasteiger partial charge in [0.05, 0.1) is 11.4 Å². The molecule has 2 heterocycles. The van der Waals surface area contributed by atoms with Crippen LogP contribution in [0.1, 0.15) is 12.2 Å². The van der Waals surface area contributed by atoms with Gasteiger partial charge in [0, 0.05) is 25.7 Å². The molecule has 1 aliphatic heterocycles. The van der Waals surface area contributed by atoms with Gasteiger partial charge < -0.3 is 9.84 Å². The molecule has 0 bridgehead atoms. The predicted molar refractivity (Wildman–Crippen MR) is 96.1 cm³/mol. The zero-order chi connectivity index (χ0) is 19.4. The summed E-state index contributed by atoms with van der Waals surface area (Å²) in [4.78, 5) is 14.1. The summed E-state index contributed by atoms with van der Waals surface area (Å²) < 4.78 is 44.7.